The van der Waals surface area contributed by atoms with Crippen LogP contribution in [0.25, 0.3) is 0 Å². The largest absolute Gasteiger partial charge is 0.409 e. The Morgan fingerprint density at radius 1 is 1.37 bits per heavy atom. The van der Waals surface area contributed by atoms with Crippen LogP contribution >= 0.6 is 0 Å². The van der Waals surface area contributed by atoms with Crippen LogP contribution in [0.1, 0.15) is 17.5 Å². The van der Waals surface area contributed by atoms with Gasteiger partial charge in [0.05, 0.1) is 6.42 Å². The summed E-state index contributed by atoms with van der Waals surface area (Å²) in [6.45, 7) is -0.316. The van der Waals surface area contributed by atoms with Crippen molar-refractivity contribution in [3.63, 3.8) is 0 Å². The Balaban J connectivity index is 2.56. The van der Waals surface area contributed by atoms with Gasteiger partial charge in [0.1, 0.15) is 5.82 Å². The molecule has 0 unspecified atom stereocenters. The van der Waals surface area contributed by atoms with Crippen LogP contribution in [-0.4, -0.2) is 23.8 Å². The molecular weight excluding hydrogens is 266 g/mol. The van der Waals surface area contributed by atoms with Gasteiger partial charge in [-0.3, -0.25) is 0 Å². The Hall–Kier alpha value is -1.83. The van der Waals surface area contributed by atoms with Crippen LogP contribution < -0.4 is 11.1 Å². The molecule has 1 aromatic rings. The van der Waals surface area contributed by atoms with Crippen molar-refractivity contribution in [1.29, 1.82) is 0 Å². The predicted octanol–water partition coefficient (Wildman–Crippen LogP) is 1.96. The Bertz CT molecular complexity index is 460. The summed E-state index contributed by atoms with van der Waals surface area (Å²) in [6.07, 6.45) is -5.21. The van der Waals surface area contributed by atoms with Gasteiger partial charge in [-0.25, -0.2) is 4.39 Å². The molecule has 0 aliphatic heterocycles. The number of nitrogens with one attached hydrogen (secondary N) is 1. The van der Waals surface area contributed by atoms with E-state index in [0.29, 0.717) is 0 Å². The van der Waals surface area contributed by atoms with Gasteiger partial charge >= 0.3 is 6.18 Å². The Morgan fingerprint density at radius 2 is 2.05 bits per heavy atom. The van der Waals surface area contributed by atoms with E-state index in [1.165, 1.54) is 12.1 Å². The minimum absolute atomic E-state index is 0.0294. The molecule has 0 atom stereocenters. The van der Waals surface area contributed by atoms with Crippen molar-refractivity contribution < 1.29 is 22.8 Å². The molecule has 0 aromatic heterocycles. The molecule has 4 nitrogen and oxygen atoms in total. The summed E-state index contributed by atoms with van der Waals surface area (Å²) in [6, 6.07) is 3.83. The first kappa shape index (κ1) is 15.2. The zero-order chi connectivity index (χ0) is 14.5. The number of hydrogen-bond acceptors (Lipinski definition) is 3. The lowest BCUT2D eigenvalue weighted by Gasteiger charge is -2.09. The summed E-state index contributed by atoms with van der Waals surface area (Å²) in [5.41, 5.74) is 5.67. The summed E-state index contributed by atoms with van der Waals surface area (Å²) in [4.78, 5) is 0. The molecule has 0 aliphatic carbocycles. The lowest BCUT2D eigenvalue weighted by atomic mass is 10.1. The van der Waals surface area contributed by atoms with E-state index in [2.05, 4.69) is 10.5 Å². The molecule has 0 bridgehead atoms. The van der Waals surface area contributed by atoms with E-state index in [-0.39, 0.29) is 30.1 Å². The van der Waals surface area contributed by atoms with E-state index < -0.39 is 18.4 Å². The molecule has 19 heavy (non-hydrogen) atoms. The van der Waals surface area contributed by atoms with Crippen molar-refractivity contribution in [2.45, 2.75) is 19.1 Å². The van der Waals surface area contributed by atoms with Gasteiger partial charge in [-0.1, -0.05) is 17.3 Å². The molecule has 8 heteroatoms. The predicted molar refractivity (Wildman–Crippen MR) is 61.3 cm³/mol. The van der Waals surface area contributed by atoms with Crippen LogP contribution in [-0.2, 0) is 6.54 Å². The van der Waals surface area contributed by atoms with Gasteiger partial charge in [0.15, 0.2) is 5.84 Å². The van der Waals surface area contributed by atoms with Gasteiger partial charge in [0.2, 0.25) is 0 Å². The van der Waals surface area contributed by atoms with E-state index in [1.807, 2.05) is 0 Å². The summed E-state index contributed by atoms with van der Waals surface area (Å²) >= 11 is 0. The van der Waals surface area contributed by atoms with E-state index in [4.69, 9.17) is 10.9 Å². The van der Waals surface area contributed by atoms with Crippen molar-refractivity contribution in [2.75, 3.05) is 6.54 Å². The van der Waals surface area contributed by atoms with Crippen LogP contribution in [0.2, 0.25) is 0 Å². The summed E-state index contributed by atoms with van der Waals surface area (Å²) < 4.78 is 49.2. The Labute approximate surface area is 106 Å². The van der Waals surface area contributed by atoms with Gasteiger partial charge in [0, 0.05) is 24.2 Å². The number of hydrogen-bond donors (Lipinski definition) is 3. The molecule has 1 rings (SSSR count). The summed E-state index contributed by atoms with van der Waals surface area (Å²) in [7, 11) is 0. The maximum absolute atomic E-state index is 13.6. The third-order valence-corrected chi connectivity index (χ3v) is 2.36. The van der Waals surface area contributed by atoms with Gasteiger partial charge in [-0.05, 0) is 6.07 Å². The van der Waals surface area contributed by atoms with E-state index >= 15 is 0 Å². The van der Waals surface area contributed by atoms with Crippen LogP contribution in [0.15, 0.2) is 23.4 Å². The van der Waals surface area contributed by atoms with Gasteiger partial charge in [0.25, 0.3) is 0 Å². The molecule has 4 N–H and O–H groups in total. The maximum atomic E-state index is 13.6. The zero-order valence-corrected chi connectivity index (χ0v) is 9.84. The van der Waals surface area contributed by atoms with Crippen LogP contribution in [0.3, 0.4) is 0 Å². The quantitative estimate of drug-likeness (QED) is 0.193. The number of halogens is 4. The average molecular weight is 279 g/mol. The lowest BCUT2D eigenvalue weighted by Crippen LogP contribution is -2.22. The highest BCUT2D eigenvalue weighted by Gasteiger charge is 2.25. The van der Waals surface area contributed by atoms with Crippen molar-refractivity contribution in [2.24, 2.45) is 10.9 Å². The molecule has 0 amide bonds. The minimum atomic E-state index is -4.23. The van der Waals surface area contributed by atoms with Crippen molar-refractivity contribution >= 4 is 5.84 Å². The molecule has 0 saturated carbocycles. The number of alkyl halides is 3. The molecule has 0 saturated heterocycles. The molecule has 0 fully saturated rings. The fraction of sp³-hybridized carbons (Fsp3) is 0.364. The standard InChI is InChI=1S/C11H13F4N3O/c12-9-5-7(10(16)18-19)1-2-8(9)6-17-4-3-11(13,14)15/h1-2,5,17,19H,3-4,6H2,(H2,16,18). The summed E-state index contributed by atoms with van der Waals surface area (Å²) in [5, 5.41) is 13.6. The molecule has 0 radical (unpaired) electrons. The highest BCUT2D eigenvalue weighted by atomic mass is 19.4. The number of amidine groups is 1. The smallest absolute Gasteiger partial charge is 0.390 e. The molecular formula is C11H13F4N3O. The Morgan fingerprint density at radius 3 is 2.58 bits per heavy atom. The van der Waals surface area contributed by atoms with Crippen LogP contribution in [0.4, 0.5) is 17.6 Å². The molecule has 0 heterocycles. The SMILES string of the molecule is NC(=NO)c1ccc(CNCCC(F)(F)F)c(F)c1. The molecule has 0 aliphatic rings. The summed E-state index contributed by atoms with van der Waals surface area (Å²) in [5.74, 6) is -0.876. The first-order valence-corrected chi connectivity index (χ1v) is 5.37. The fourth-order valence-corrected chi connectivity index (χ4v) is 1.36. The average Bonchev–Trinajstić information content (AvgIpc) is 2.33. The fourth-order valence-electron chi connectivity index (χ4n) is 1.36. The normalized spacial score (nSPS) is 12.7. The van der Waals surface area contributed by atoms with Crippen molar-refractivity contribution in [1.82, 2.24) is 5.32 Å². The van der Waals surface area contributed by atoms with Gasteiger partial charge in [-0.2, -0.15) is 13.2 Å². The minimum Gasteiger partial charge on any atom is -0.409 e. The van der Waals surface area contributed by atoms with E-state index in [0.717, 1.165) is 6.07 Å². The second kappa shape index (κ2) is 6.37. The van der Waals surface area contributed by atoms with Crippen LogP contribution in [0.5, 0.6) is 0 Å². The number of nitrogens with two attached hydrogens (primary N) is 1. The van der Waals surface area contributed by atoms with E-state index in [1.54, 1.807) is 0 Å². The molecule has 1 aromatic carbocycles. The highest BCUT2D eigenvalue weighted by molar-refractivity contribution is 5.97. The zero-order valence-electron chi connectivity index (χ0n) is 9.84. The van der Waals surface area contributed by atoms with Gasteiger partial charge < -0.3 is 16.3 Å². The molecule has 106 valence electrons. The second-order valence-electron chi connectivity index (χ2n) is 3.83. The highest BCUT2D eigenvalue weighted by Crippen LogP contribution is 2.18. The third kappa shape index (κ3) is 5.12. The third-order valence-electron chi connectivity index (χ3n) is 2.36. The van der Waals surface area contributed by atoms with Crippen LogP contribution in [0, 0.1) is 5.82 Å². The second-order valence-corrected chi connectivity index (χ2v) is 3.83. The van der Waals surface area contributed by atoms with Gasteiger partial charge in [-0.15, -0.1) is 0 Å². The lowest BCUT2D eigenvalue weighted by molar-refractivity contribution is -0.133. The number of nitrogens with zero attached hydrogens (tertiary/aromatic N) is 1. The maximum Gasteiger partial charge on any atom is 0.390 e. The first-order valence-electron chi connectivity index (χ1n) is 5.37. The monoisotopic (exact) mass is 279 g/mol. The van der Waals surface area contributed by atoms with Crippen molar-refractivity contribution in [3.8, 4) is 0 Å². The van der Waals surface area contributed by atoms with E-state index in [9.17, 15) is 17.6 Å². The van der Waals surface area contributed by atoms with Crippen molar-refractivity contribution in [3.05, 3.63) is 35.1 Å². The molecule has 0 spiro atoms. The first-order chi connectivity index (χ1) is 8.83. The number of rotatable bonds is 5. The topological polar surface area (TPSA) is 70.6 Å². The Kier molecular flexibility index (Phi) is 5.11. The number of benzene rings is 1. The number of oxime groups is 1.